The largest absolute Gasteiger partial charge is 0.395 e. The molecule has 2 N–H and O–H groups in total. The first-order valence-electron chi connectivity index (χ1n) is 7.53. The van der Waals surface area contributed by atoms with Crippen LogP contribution in [0.5, 0.6) is 0 Å². The van der Waals surface area contributed by atoms with Crippen LogP contribution >= 0.6 is 11.6 Å². The fourth-order valence-corrected chi connectivity index (χ4v) is 2.46. The topological polar surface area (TPSA) is 148 Å². The van der Waals surface area contributed by atoms with Crippen LogP contribution in [0.25, 0.3) is 0 Å². The summed E-state index contributed by atoms with van der Waals surface area (Å²) in [6, 6.07) is 1.76. The molecule has 144 valence electrons. The molecule has 0 heterocycles. The van der Waals surface area contributed by atoms with E-state index in [0.717, 1.165) is 12.1 Å². The molecule has 0 unspecified atom stereocenters. The van der Waals surface area contributed by atoms with Crippen molar-refractivity contribution in [1.82, 2.24) is 5.32 Å². The van der Waals surface area contributed by atoms with E-state index < -0.39 is 27.1 Å². The van der Waals surface area contributed by atoms with Crippen LogP contribution in [0.3, 0.4) is 0 Å². The van der Waals surface area contributed by atoms with Gasteiger partial charge in [0.15, 0.2) is 0 Å². The Morgan fingerprint density at radius 1 is 1.31 bits per heavy atom. The third-order valence-corrected chi connectivity index (χ3v) is 3.53. The van der Waals surface area contributed by atoms with Gasteiger partial charge in [-0.15, -0.1) is 11.6 Å². The molecule has 0 atom stereocenters. The highest BCUT2D eigenvalue weighted by atomic mass is 35.5. The number of methoxy groups -OCH3 is 1. The van der Waals surface area contributed by atoms with Crippen LogP contribution < -0.4 is 10.2 Å². The molecule has 0 bridgehead atoms. The molecule has 11 nitrogen and oxygen atoms in total. The van der Waals surface area contributed by atoms with E-state index >= 15 is 0 Å². The molecule has 0 saturated heterocycles. The second-order valence-corrected chi connectivity index (χ2v) is 5.40. The van der Waals surface area contributed by atoms with Crippen LogP contribution in [0.4, 0.5) is 17.1 Å². The predicted molar refractivity (Wildman–Crippen MR) is 94.0 cm³/mol. The lowest BCUT2D eigenvalue weighted by atomic mass is 10.1. The Hall–Kier alpha value is -2.50. The summed E-state index contributed by atoms with van der Waals surface area (Å²) in [5.41, 5.74) is -1.52. The van der Waals surface area contributed by atoms with Gasteiger partial charge in [0.2, 0.25) is 0 Å². The number of nitro groups is 2. The Morgan fingerprint density at radius 3 is 2.50 bits per heavy atom. The van der Waals surface area contributed by atoms with Gasteiger partial charge >= 0.3 is 0 Å². The van der Waals surface area contributed by atoms with Crippen molar-refractivity contribution in [2.75, 3.05) is 50.7 Å². The van der Waals surface area contributed by atoms with E-state index in [1.54, 1.807) is 0 Å². The van der Waals surface area contributed by atoms with Gasteiger partial charge in [0, 0.05) is 38.7 Å². The van der Waals surface area contributed by atoms with E-state index in [1.165, 1.54) is 12.0 Å². The van der Waals surface area contributed by atoms with E-state index in [-0.39, 0.29) is 50.0 Å². The van der Waals surface area contributed by atoms with Crippen LogP contribution in [-0.4, -0.2) is 66.7 Å². The van der Waals surface area contributed by atoms with Gasteiger partial charge in [-0.3, -0.25) is 25.0 Å². The minimum absolute atomic E-state index is 0.0891. The summed E-state index contributed by atoms with van der Waals surface area (Å²) in [4.78, 5) is 34.8. The molecular formula is C14H19ClN4O7. The van der Waals surface area contributed by atoms with Crippen LogP contribution in [0.2, 0.25) is 0 Å². The molecule has 1 aromatic carbocycles. The minimum atomic E-state index is -0.819. The van der Waals surface area contributed by atoms with Gasteiger partial charge in [-0.2, -0.15) is 0 Å². The molecule has 0 aromatic heterocycles. The Kier molecular flexibility index (Phi) is 8.68. The number of aliphatic hydroxyl groups excluding tert-OH is 1. The number of benzene rings is 1. The summed E-state index contributed by atoms with van der Waals surface area (Å²) in [6.45, 7) is 0.0736. The molecule has 0 aliphatic heterocycles. The lowest BCUT2D eigenvalue weighted by Gasteiger charge is -2.25. The third-order valence-electron chi connectivity index (χ3n) is 3.36. The Morgan fingerprint density at radius 2 is 2.00 bits per heavy atom. The normalized spacial score (nSPS) is 10.4. The minimum Gasteiger partial charge on any atom is -0.395 e. The van der Waals surface area contributed by atoms with Gasteiger partial charge < -0.3 is 20.1 Å². The zero-order valence-electron chi connectivity index (χ0n) is 14.0. The Labute approximate surface area is 153 Å². The zero-order chi connectivity index (χ0) is 19.7. The summed E-state index contributed by atoms with van der Waals surface area (Å²) in [5.74, 6) is -0.673. The summed E-state index contributed by atoms with van der Waals surface area (Å²) in [5, 5.41) is 33.8. The van der Waals surface area contributed by atoms with Crippen molar-refractivity contribution < 1.29 is 24.5 Å². The van der Waals surface area contributed by atoms with E-state index in [0.29, 0.717) is 0 Å². The standard InChI is InChI=1S/C14H19ClN4O7/c1-26-7-5-17(4-2-15)13-11(14(21)16-3-6-20)8-10(18(22)23)9-12(13)19(24)25/h8-9,20H,2-7H2,1H3,(H,16,21). The van der Waals surface area contributed by atoms with Crippen LogP contribution in [0.1, 0.15) is 10.4 Å². The number of carbonyl (C=O) groups excluding carboxylic acids is 1. The molecule has 1 rings (SSSR count). The number of rotatable bonds is 11. The first kappa shape index (κ1) is 21.5. The lowest BCUT2D eigenvalue weighted by Crippen LogP contribution is -2.34. The van der Waals surface area contributed by atoms with Crippen molar-refractivity contribution in [1.29, 1.82) is 0 Å². The quantitative estimate of drug-likeness (QED) is 0.322. The van der Waals surface area contributed by atoms with Gasteiger partial charge in [-0.1, -0.05) is 0 Å². The van der Waals surface area contributed by atoms with Crippen molar-refractivity contribution in [2.24, 2.45) is 0 Å². The first-order valence-corrected chi connectivity index (χ1v) is 8.06. The van der Waals surface area contributed by atoms with Crippen LogP contribution in [0, 0.1) is 20.2 Å². The van der Waals surface area contributed by atoms with Gasteiger partial charge in [-0.25, -0.2) is 0 Å². The Bertz CT molecular complexity index is 671. The smallest absolute Gasteiger partial charge is 0.300 e. The molecule has 0 aliphatic rings. The molecule has 1 amide bonds. The molecule has 0 saturated carbocycles. The number of non-ortho nitro benzene ring substituents is 1. The molecule has 0 fully saturated rings. The number of carbonyl (C=O) groups is 1. The Balaban J connectivity index is 3.60. The highest BCUT2D eigenvalue weighted by Crippen LogP contribution is 2.36. The number of halogens is 1. The average molecular weight is 391 g/mol. The predicted octanol–water partition coefficient (Wildman–Crippen LogP) is 0.917. The summed E-state index contributed by atoms with van der Waals surface area (Å²) >= 11 is 5.76. The maximum Gasteiger partial charge on any atom is 0.300 e. The van der Waals surface area contributed by atoms with Crippen molar-refractivity contribution in [3.8, 4) is 0 Å². The number of ether oxygens (including phenoxy) is 1. The molecule has 0 aliphatic carbocycles. The molecule has 12 heteroatoms. The summed E-state index contributed by atoms with van der Waals surface area (Å²) in [6.07, 6.45) is 0. The number of nitrogens with one attached hydrogen (secondary N) is 1. The lowest BCUT2D eigenvalue weighted by molar-refractivity contribution is -0.393. The van der Waals surface area contributed by atoms with Crippen LogP contribution in [-0.2, 0) is 4.74 Å². The van der Waals surface area contributed by atoms with Crippen LogP contribution in [0.15, 0.2) is 12.1 Å². The highest BCUT2D eigenvalue weighted by molar-refractivity contribution is 6.18. The second kappa shape index (κ2) is 10.5. The molecule has 0 spiro atoms. The van der Waals surface area contributed by atoms with Gasteiger partial charge in [0.25, 0.3) is 17.3 Å². The highest BCUT2D eigenvalue weighted by Gasteiger charge is 2.30. The number of aliphatic hydroxyl groups is 1. The number of hydrogen-bond acceptors (Lipinski definition) is 8. The van der Waals surface area contributed by atoms with Crippen molar-refractivity contribution in [3.05, 3.63) is 37.9 Å². The maximum absolute atomic E-state index is 12.4. The van der Waals surface area contributed by atoms with E-state index in [9.17, 15) is 25.0 Å². The number of anilines is 1. The van der Waals surface area contributed by atoms with Gasteiger partial charge in [0.1, 0.15) is 5.69 Å². The van der Waals surface area contributed by atoms with E-state index in [2.05, 4.69) is 5.32 Å². The molecule has 0 radical (unpaired) electrons. The fourth-order valence-electron chi connectivity index (χ4n) is 2.26. The molecule has 1 aromatic rings. The molecule has 26 heavy (non-hydrogen) atoms. The zero-order valence-corrected chi connectivity index (χ0v) is 14.8. The first-order chi connectivity index (χ1) is 12.4. The average Bonchev–Trinajstić information content (AvgIpc) is 2.61. The monoisotopic (exact) mass is 390 g/mol. The summed E-state index contributed by atoms with van der Waals surface area (Å²) in [7, 11) is 1.44. The molecular weight excluding hydrogens is 372 g/mol. The van der Waals surface area contributed by atoms with Gasteiger partial charge in [-0.05, 0) is 0 Å². The third kappa shape index (κ3) is 5.51. The second-order valence-electron chi connectivity index (χ2n) is 5.02. The number of amides is 1. The number of nitro benzene ring substituents is 2. The van der Waals surface area contributed by atoms with Crippen molar-refractivity contribution in [2.45, 2.75) is 0 Å². The van der Waals surface area contributed by atoms with Crippen molar-refractivity contribution in [3.63, 3.8) is 0 Å². The van der Waals surface area contributed by atoms with Crippen molar-refractivity contribution >= 4 is 34.6 Å². The number of alkyl halides is 1. The van der Waals surface area contributed by atoms with Gasteiger partial charge in [0.05, 0.1) is 34.7 Å². The maximum atomic E-state index is 12.4. The van der Waals surface area contributed by atoms with E-state index in [4.69, 9.17) is 21.4 Å². The summed E-state index contributed by atoms with van der Waals surface area (Å²) < 4.78 is 4.97. The fraction of sp³-hybridized carbons (Fsp3) is 0.500. The SMILES string of the molecule is COCCN(CCCl)c1c(C(=O)NCCO)cc([N+](=O)[O-])cc1[N+](=O)[O-]. The number of nitrogens with zero attached hydrogens (tertiary/aromatic N) is 3. The van der Waals surface area contributed by atoms with E-state index in [1.807, 2.05) is 0 Å². The number of hydrogen-bond donors (Lipinski definition) is 2.